The fourth-order valence-corrected chi connectivity index (χ4v) is 3.03. The van der Waals surface area contributed by atoms with Crippen LogP contribution in [0.15, 0.2) is 46.6 Å². The highest BCUT2D eigenvalue weighted by Gasteiger charge is 2.46. The topological polar surface area (TPSA) is 108 Å². The number of methoxy groups -OCH3 is 2. The van der Waals surface area contributed by atoms with E-state index in [-0.39, 0.29) is 11.3 Å². The molecule has 0 bridgehead atoms. The Hall–Kier alpha value is -3.29. The second-order valence-electron chi connectivity index (χ2n) is 6.12. The number of esters is 3. The molecule has 0 N–H and O–H groups in total. The van der Waals surface area contributed by atoms with Crippen LogP contribution in [0.3, 0.4) is 0 Å². The molecule has 8 heteroatoms. The number of hydrogen-bond donors (Lipinski definition) is 0. The molecule has 2 atom stereocenters. The SMILES string of the molecule is COC(=O)C1=C(C)N=C(C)C(C(=O)OC)[C@@H]1C(=O)OCC(=O)c1ccccc1. The Morgan fingerprint density at radius 1 is 0.929 bits per heavy atom. The van der Waals surface area contributed by atoms with Crippen molar-refractivity contribution < 1.29 is 33.4 Å². The average Bonchev–Trinajstić information content (AvgIpc) is 2.70. The minimum atomic E-state index is -1.32. The van der Waals surface area contributed by atoms with Gasteiger partial charge in [-0.3, -0.25) is 19.4 Å². The number of aliphatic imine (C=N–C) groups is 1. The van der Waals surface area contributed by atoms with E-state index in [1.165, 1.54) is 14.0 Å². The summed E-state index contributed by atoms with van der Waals surface area (Å²) < 4.78 is 14.7. The molecule has 1 aliphatic heterocycles. The van der Waals surface area contributed by atoms with Crippen molar-refractivity contribution in [2.75, 3.05) is 20.8 Å². The Balaban J connectivity index is 2.31. The van der Waals surface area contributed by atoms with E-state index >= 15 is 0 Å². The molecule has 0 fully saturated rings. The standard InChI is InChI=1S/C20H21NO7/c1-11-15(18(23)26-3)17(16(12(2)21-11)19(24)27-4)20(25)28-10-14(22)13-8-6-5-7-9-13/h5-9,15,17H,10H2,1-4H3/t15?,17-/m0/s1. The van der Waals surface area contributed by atoms with E-state index in [0.717, 1.165) is 7.11 Å². The van der Waals surface area contributed by atoms with Crippen LogP contribution in [-0.2, 0) is 28.6 Å². The highest BCUT2D eigenvalue weighted by atomic mass is 16.5. The van der Waals surface area contributed by atoms with E-state index in [0.29, 0.717) is 11.3 Å². The van der Waals surface area contributed by atoms with Gasteiger partial charge in [-0.05, 0) is 13.8 Å². The molecule has 0 radical (unpaired) electrons. The van der Waals surface area contributed by atoms with Crippen LogP contribution in [-0.4, -0.2) is 50.2 Å². The average molecular weight is 387 g/mol. The van der Waals surface area contributed by atoms with Crippen molar-refractivity contribution in [2.24, 2.45) is 16.8 Å². The summed E-state index contributed by atoms with van der Waals surface area (Å²) in [5.41, 5.74) is 0.816. The third kappa shape index (κ3) is 4.33. The zero-order chi connectivity index (χ0) is 20.8. The lowest BCUT2D eigenvalue weighted by molar-refractivity contribution is -0.156. The summed E-state index contributed by atoms with van der Waals surface area (Å²) in [7, 11) is 2.32. The van der Waals surface area contributed by atoms with Crippen LogP contribution in [0, 0.1) is 11.8 Å². The second-order valence-corrected chi connectivity index (χ2v) is 6.12. The predicted octanol–water partition coefficient (Wildman–Crippen LogP) is 1.74. The smallest absolute Gasteiger partial charge is 0.336 e. The maximum absolute atomic E-state index is 12.8. The van der Waals surface area contributed by atoms with Gasteiger partial charge < -0.3 is 14.2 Å². The summed E-state index contributed by atoms with van der Waals surface area (Å²) in [5.74, 6) is -5.34. The Labute approximate surface area is 162 Å². The number of carbonyl (C=O) groups excluding carboxylic acids is 4. The summed E-state index contributed by atoms with van der Waals surface area (Å²) >= 11 is 0. The minimum absolute atomic E-state index is 0.0966. The van der Waals surface area contributed by atoms with Gasteiger partial charge in [0.1, 0.15) is 11.8 Å². The van der Waals surface area contributed by atoms with Gasteiger partial charge in [0, 0.05) is 17.0 Å². The van der Waals surface area contributed by atoms with Crippen molar-refractivity contribution in [3.63, 3.8) is 0 Å². The van der Waals surface area contributed by atoms with Crippen molar-refractivity contribution in [2.45, 2.75) is 13.8 Å². The summed E-state index contributed by atoms with van der Waals surface area (Å²) in [6.45, 7) is 2.55. The number of nitrogens with zero attached hydrogens (tertiary/aromatic N) is 1. The number of ketones is 1. The first-order valence-corrected chi connectivity index (χ1v) is 8.48. The van der Waals surface area contributed by atoms with E-state index in [2.05, 4.69) is 4.99 Å². The summed E-state index contributed by atoms with van der Waals surface area (Å²) in [4.78, 5) is 53.7. The van der Waals surface area contributed by atoms with Crippen molar-refractivity contribution in [1.82, 2.24) is 0 Å². The van der Waals surface area contributed by atoms with Gasteiger partial charge in [0.05, 0.1) is 19.8 Å². The highest BCUT2D eigenvalue weighted by molar-refractivity contribution is 6.10. The number of ether oxygens (including phenoxy) is 3. The molecule has 148 valence electrons. The molecule has 1 aliphatic rings. The van der Waals surface area contributed by atoms with Crippen LogP contribution in [0.25, 0.3) is 0 Å². The minimum Gasteiger partial charge on any atom is -0.468 e. The maximum atomic E-state index is 12.8. The molecule has 1 heterocycles. The number of Topliss-reactive ketones (excluding diaryl/α,β-unsaturated/α-hetero) is 1. The fourth-order valence-electron chi connectivity index (χ4n) is 3.03. The van der Waals surface area contributed by atoms with Gasteiger partial charge in [-0.25, -0.2) is 4.79 Å². The molecule has 8 nitrogen and oxygen atoms in total. The van der Waals surface area contributed by atoms with E-state index in [1.807, 2.05) is 0 Å². The van der Waals surface area contributed by atoms with Gasteiger partial charge in [0.25, 0.3) is 0 Å². The molecule has 28 heavy (non-hydrogen) atoms. The Bertz CT molecular complexity index is 855. The molecule has 1 aromatic rings. The Morgan fingerprint density at radius 2 is 1.57 bits per heavy atom. The van der Waals surface area contributed by atoms with Gasteiger partial charge in [0.15, 0.2) is 12.4 Å². The van der Waals surface area contributed by atoms with Gasteiger partial charge in [-0.1, -0.05) is 30.3 Å². The van der Waals surface area contributed by atoms with Gasteiger partial charge in [0.2, 0.25) is 0 Å². The first-order chi connectivity index (χ1) is 13.3. The molecular weight excluding hydrogens is 366 g/mol. The lowest BCUT2D eigenvalue weighted by atomic mass is 9.80. The number of hydrogen-bond acceptors (Lipinski definition) is 8. The largest absolute Gasteiger partial charge is 0.468 e. The van der Waals surface area contributed by atoms with Crippen LogP contribution in [0.5, 0.6) is 0 Å². The number of benzene rings is 1. The molecule has 0 spiro atoms. The van der Waals surface area contributed by atoms with Crippen LogP contribution in [0.2, 0.25) is 0 Å². The summed E-state index contributed by atoms with van der Waals surface area (Å²) in [5, 5.41) is 0. The second kappa shape index (κ2) is 9.07. The van der Waals surface area contributed by atoms with Crippen LogP contribution in [0.1, 0.15) is 24.2 Å². The first kappa shape index (κ1) is 21.0. The maximum Gasteiger partial charge on any atom is 0.336 e. The molecular formula is C20H21NO7. The van der Waals surface area contributed by atoms with E-state index in [1.54, 1.807) is 37.3 Å². The van der Waals surface area contributed by atoms with Crippen molar-refractivity contribution >= 4 is 29.4 Å². The molecule has 0 amide bonds. The zero-order valence-corrected chi connectivity index (χ0v) is 16.1. The van der Waals surface area contributed by atoms with Gasteiger partial charge in [-0.15, -0.1) is 0 Å². The summed E-state index contributed by atoms with van der Waals surface area (Å²) in [6, 6.07) is 8.31. The Morgan fingerprint density at radius 3 is 2.14 bits per heavy atom. The summed E-state index contributed by atoms with van der Waals surface area (Å²) in [6.07, 6.45) is 0. The Kier molecular flexibility index (Phi) is 6.81. The van der Waals surface area contributed by atoms with E-state index in [9.17, 15) is 19.2 Å². The van der Waals surface area contributed by atoms with Crippen molar-refractivity contribution in [3.8, 4) is 0 Å². The first-order valence-electron chi connectivity index (χ1n) is 8.48. The lowest BCUT2D eigenvalue weighted by Gasteiger charge is -2.29. The zero-order valence-electron chi connectivity index (χ0n) is 16.1. The third-order valence-electron chi connectivity index (χ3n) is 4.38. The third-order valence-corrected chi connectivity index (χ3v) is 4.38. The molecule has 0 saturated heterocycles. The van der Waals surface area contributed by atoms with Crippen LogP contribution in [0.4, 0.5) is 0 Å². The van der Waals surface area contributed by atoms with Gasteiger partial charge >= 0.3 is 17.9 Å². The van der Waals surface area contributed by atoms with Crippen molar-refractivity contribution in [3.05, 3.63) is 47.2 Å². The van der Waals surface area contributed by atoms with Crippen molar-refractivity contribution in [1.29, 1.82) is 0 Å². The fraction of sp³-hybridized carbons (Fsp3) is 0.350. The lowest BCUT2D eigenvalue weighted by Crippen LogP contribution is -2.42. The highest BCUT2D eigenvalue weighted by Crippen LogP contribution is 2.33. The van der Waals surface area contributed by atoms with Crippen LogP contribution >= 0.6 is 0 Å². The van der Waals surface area contributed by atoms with E-state index < -0.39 is 42.1 Å². The monoisotopic (exact) mass is 387 g/mol. The number of rotatable bonds is 6. The molecule has 2 rings (SSSR count). The number of allylic oxidation sites excluding steroid dienone is 1. The van der Waals surface area contributed by atoms with Gasteiger partial charge in [-0.2, -0.15) is 0 Å². The van der Waals surface area contributed by atoms with E-state index in [4.69, 9.17) is 14.2 Å². The quantitative estimate of drug-likeness (QED) is 0.415. The molecule has 1 aromatic carbocycles. The number of carbonyl (C=O) groups is 4. The molecule has 1 unspecified atom stereocenters. The molecule has 0 saturated carbocycles. The van der Waals surface area contributed by atoms with Crippen LogP contribution < -0.4 is 0 Å². The molecule has 0 aromatic heterocycles. The predicted molar refractivity (Wildman–Crippen MR) is 98.6 cm³/mol. The normalized spacial score (nSPS) is 18.8. The molecule has 0 aliphatic carbocycles.